The van der Waals surface area contributed by atoms with E-state index >= 15 is 0 Å². The van der Waals surface area contributed by atoms with Gasteiger partial charge in [-0.1, -0.05) is 32.9 Å². The van der Waals surface area contributed by atoms with E-state index in [-0.39, 0.29) is 23.3 Å². The SMILES string of the molecule is CC(C)(C)c1ncc(C(=O)Nc2ccccc2C(=O)NC2CC2)s1. The van der Waals surface area contributed by atoms with Crippen molar-refractivity contribution >= 4 is 28.8 Å². The molecule has 0 spiro atoms. The van der Waals surface area contributed by atoms with Crippen molar-refractivity contribution in [2.75, 3.05) is 5.32 Å². The molecule has 1 aliphatic rings. The van der Waals surface area contributed by atoms with Crippen LogP contribution in [-0.2, 0) is 5.41 Å². The van der Waals surface area contributed by atoms with Crippen LogP contribution in [0.25, 0.3) is 0 Å². The number of para-hydroxylation sites is 1. The number of benzene rings is 1. The first-order valence-corrected chi connectivity index (χ1v) is 8.84. The summed E-state index contributed by atoms with van der Waals surface area (Å²) in [5.41, 5.74) is 0.912. The first-order chi connectivity index (χ1) is 11.3. The molecule has 6 heteroatoms. The molecule has 0 aliphatic heterocycles. The molecule has 1 fully saturated rings. The Morgan fingerprint density at radius 3 is 2.50 bits per heavy atom. The molecule has 126 valence electrons. The number of aromatic nitrogens is 1. The van der Waals surface area contributed by atoms with Gasteiger partial charge in [0.05, 0.1) is 22.5 Å². The van der Waals surface area contributed by atoms with Gasteiger partial charge in [0, 0.05) is 11.5 Å². The Bertz CT molecular complexity index is 773. The van der Waals surface area contributed by atoms with Gasteiger partial charge in [-0.2, -0.15) is 0 Å². The summed E-state index contributed by atoms with van der Waals surface area (Å²) in [6, 6.07) is 7.34. The molecule has 0 unspecified atom stereocenters. The average molecular weight is 343 g/mol. The molecule has 1 heterocycles. The summed E-state index contributed by atoms with van der Waals surface area (Å²) in [6.07, 6.45) is 3.64. The Labute approximate surface area is 145 Å². The van der Waals surface area contributed by atoms with Crippen LogP contribution >= 0.6 is 11.3 Å². The third-order valence-electron chi connectivity index (χ3n) is 3.70. The fourth-order valence-electron chi connectivity index (χ4n) is 2.19. The second kappa shape index (κ2) is 6.36. The van der Waals surface area contributed by atoms with Gasteiger partial charge in [0.25, 0.3) is 11.8 Å². The smallest absolute Gasteiger partial charge is 0.267 e. The largest absolute Gasteiger partial charge is 0.349 e. The van der Waals surface area contributed by atoms with Crippen LogP contribution in [-0.4, -0.2) is 22.8 Å². The lowest BCUT2D eigenvalue weighted by molar-refractivity contribution is 0.0952. The molecule has 1 aromatic carbocycles. The molecule has 1 aromatic heterocycles. The molecule has 1 saturated carbocycles. The number of nitrogens with zero attached hydrogens (tertiary/aromatic N) is 1. The van der Waals surface area contributed by atoms with E-state index in [1.165, 1.54) is 11.3 Å². The molecule has 3 rings (SSSR count). The summed E-state index contributed by atoms with van der Waals surface area (Å²) in [5.74, 6) is -0.386. The summed E-state index contributed by atoms with van der Waals surface area (Å²) >= 11 is 1.38. The predicted octanol–water partition coefficient (Wildman–Crippen LogP) is 3.59. The number of anilines is 1. The van der Waals surface area contributed by atoms with Gasteiger partial charge in [-0.05, 0) is 25.0 Å². The molecule has 0 saturated heterocycles. The van der Waals surface area contributed by atoms with Crippen molar-refractivity contribution in [1.82, 2.24) is 10.3 Å². The number of amides is 2. The molecule has 5 nitrogen and oxygen atoms in total. The van der Waals surface area contributed by atoms with E-state index in [4.69, 9.17) is 0 Å². The van der Waals surface area contributed by atoms with E-state index in [2.05, 4.69) is 36.4 Å². The monoisotopic (exact) mass is 343 g/mol. The highest BCUT2D eigenvalue weighted by Crippen LogP contribution is 2.27. The maximum Gasteiger partial charge on any atom is 0.267 e. The molecule has 2 aromatic rings. The second-order valence-electron chi connectivity index (χ2n) is 7.03. The summed E-state index contributed by atoms with van der Waals surface area (Å²) in [6.45, 7) is 6.18. The maximum absolute atomic E-state index is 12.5. The van der Waals surface area contributed by atoms with Crippen LogP contribution in [0.15, 0.2) is 30.5 Å². The Hall–Kier alpha value is -2.21. The van der Waals surface area contributed by atoms with Gasteiger partial charge in [0.15, 0.2) is 0 Å². The van der Waals surface area contributed by atoms with Gasteiger partial charge in [-0.15, -0.1) is 11.3 Å². The van der Waals surface area contributed by atoms with E-state index in [1.807, 2.05) is 0 Å². The standard InChI is InChI=1S/C18H21N3O2S/c1-18(2,3)17-19-10-14(24-17)16(23)21-13-7-5-4-6-12(13)15(22)20-11-8-9-11/h4-7,10-11H,8-9H2,1-3H3,(H,20,22)(H,21,23). The van der Waals surface area contributed by atoms with Crippen LogP contribution in [0.5, 0.6) is 0 Å². The minimum absolute atomic E-state index is 0.0920. The number of hydrogen-bond acceptors (Lipinski definition) is 4. The van der Waals surface area contributed by atoms with Gasteiger partial charge in [-0.3, -0.25) is 9.59 Å². The topological polar surface area (TPSA) is 71.1 Å². The van der Waals surface area contributed by atoms with Crippen LogP contribution in [0, 0.1) is 0 Å². The molecule has 0 atom stereocenters. The molecule has 0 bridgehead atoms. The van der Waals surface area contributed by atoms with Crippen molar-refractivity contribution in [1.29, 1.82) is 0 Å². The highest BCUT2D eigenvalue weighted by molar-refractivity contribution is 7.13. The molecule has 2 amide bonds. The maximum atomic E-state index is 12.5. The Kier molecular flexibility index (Phi) is 4.41. The average Bonchev–Trinajstić information content (AvgIpc) is 3.17. The lowest BCUT2D eigenvalue weighted by Crippen LogP contribution is -2.26. The van der Waals surface area contributed by atoms with Gasteiger partial charge < -0.3 is 10.6 Å². The highest BCUT2D eigenvalue weighted by Gasteiger charge is 2.25. The molecule has 24 heavy (non-hydrogen) atoms. The van der Waals surface area contributed by atoms with Crippen LogP contribution in [0.3, 0.4) is 0 Å². The van der Waals surface area contributed by atoms with Crippen LogP contribution in [0.2, 0.25) is 0 Å². The molecule has 1 aliphatic carbocycles. The number of rotatable bonds is 4. The minimum atomic E-state index is -0.241. The molecular formula is C18H21N3O2S. The van der Waals surface area contributed by atoms with Crippen molar-refractivity contribution in [3.05, 3.63) is 45.9 Å². The summed E-state index contributed by atoms with van der Waals surface area (Å²) in [5, 5.41) is 6.69. The molecular weight excluding hydrogens is 322 g/mol. The zero-order valence-electron chi connectivity index (χ0n) is 14.1. The van der Waals surface area contributed by atoms with Crippen LogP contribution in [0.4, 0.5) is 5.69 Å². The van der Waals surface area contributed by atoms with Crippen LogP contribution < -0.4 is 10.6 Å². The first-order valence-electron chi connectivity index (χ1n) is 8.02. The van der Waals surface area contributed by atoms with E-state index < -0.39 is 0 Å². The van der Waals surface area contributed by atoms with Crippen molar-refractivity contribution in [3.8, 4) is 0 Å². The summed E-state index contributed by atoms with van der Waals surface area (Å²) in [4.78, 5) is 29.7. The fourth-order valence-corrected chi connectivity index (χ4v) is 3.06. The zero-order chi connectivity index (χ0) is 17.3. The van der Waals surface area contributed by atoms with Crippen molar-refractivity contribution in [2.45, 2.75) is 45.1 Å². The van der Waals surface area contributed by atoms with Gasteiger partial charge in [0.2, 0.25) is 0 Å². The van der Waals surface area contributed by atoms with Crippen molar-refractivity contribution in [2.24, 2.45) is 0 Å². The lowest BCUT2D eigenvalue weighted by Gasteiger charge is -2.13. The lowest BCUT2D eigenvalue weighted by atomic mass is 9.98. The third kappa shape index (κ3) is 3.82. The van der Waals surface area contributed by atoms with Gasteiger partial charge >= 0.3 is 0 Å². The summed E-state index contributed by atoms with van der Waals surface area (Å²) in [7, 11) is 0. The number of carbonyl (C=O) groups excluding carboxylic acids is 2. The van der Waals surface area contributed by atoms with Gasteiger partial charge in [-0.25, -0.2) is 4.98 Å². The van der Waals surface area contributed by atoms with Gasteiger partial charge in [0.1, 0.15) is 4.88 Å². The number of thiazole rings is 1. The van der Waals surface area contributed by atoms with E-state index in [0.717, 1.165) is 17.8 Å². The van der Waals surface area contributed by atoms with Crippen molar-refractivity contribution in [3.63, 3.8) is 0 Å². The minimum Gasteiger partial charge on any atom is -0.349 e. The second-order valence-corrected chi connectivity index (χ2v) is 8.06. The van der Waals surface area contributed by atoms with Crippen LogP contribution in [0.1, 0.15) is 58.7 Å². The molecule has 0 radical (unpaired) electrons. The normalized spacial score (nSPS) is 14.3. The quantitative estimate of drug-likeness (QED) is 0.891. The fraction of sp³-hybridized carbons (Fsp3) is 0.389. The molecule has 2 N–H and O–H groups in total. The Balaban J connectivity index is 1.77. The van der Waals surface area contributed by atoms with Crippen molar-refractivity contribution < 1.29 is 9.59 Å². The van der Waals surface area contributed by atoms with E-state index in [0.29, 0.717) is 16.1 Å². The number of hydrogen-bond donors (Lipinski definition) is 2. The van der Waals surface area contributed by atoms with E-state index in [9.17, 15) is 9.59 Å². The van der Waals surface area contributed by atoms with E-state index in [1.54, 1.807) is 30.5 Å². The Morgan fingerprint density at radius 1 is 1.17 bits per heavy atom. The highest BCUT2D eigenvalue weighted by atomic mass is 32.1. The number of carbonyl (C=O) groups is 2. The summed E-state index contributed by atoms with van der Waals surface area (Å²) < 4.78 is 0. The third-order valence-corrected chi connectivity index (χ3v) is 5.13. The predicted molar refractivity (Wildman–Crippen MR) is 95.7 cm³/mol. The first kappa shape index (κ1) is 16.6. The number of nitrogens with one attached hydrogen (secondary N) is 2. The Morgan fingerprint density at radius 2 is 1.88 bits per heavy atom. The zero-order valence-corrected chi connectivity index (χ0v) is 14.9.